The molecule has 0 aromatic heterocycles. The van der Waals surface area contributed by atoms with Crippen LogP contribution in [-0.4, -0.2) is 6.54 Å². The van der Waals surface area contributed by atoms with Gasteiger partial charge in [0.15, 0.2) is 0 Å². The van der Waals surface area contributed by atoms with Gasteiger partial charge in [0.25, 0.3) is 0 Å². The van der Waals surface area contributed by atoms with Gasteiger partial charge in [-0.3, -0.25) is 0 Å². The van der Waals surface area contributed by atoms with E-state index < -0.39 is 0 Å². The van der Waals surface area contributed by atoms with Crippen molar-refractivity contribution in [3.8, 4) is 0 Å². The van der Waals surface area contributed by atoms with Gasteiger partial charge in [-0.25, -0.2) is 0 Å². The lowest BCUT2D eigenvalue weighted by molar-refractivity contribution is 1.03. The van der Waals surface area contributed by atoms with E-state index in [4.69, 9.17) is 5.73 Å². The fourth-order valence-electron chi connectivity index (χ4n) is 2.14. The first kappa shape index (κ1) is 11.2. The highest BCUT2D eigenvalue weighted by Crippen LogP contribution is 2.47. The maximum absolute atomic E-state index is 5.47. The Labute approximate surface area is 111 Å². The van der Waals surface area contributed by atoms with Crippen molar-refractivity contribution in [2.45, 2.75) is 9.79 Å². The fourth-order valence-corrected chi connectivity index (χ4v) is 3.24. The number of nitrogens with zero attached hydrogens (tertiary/aromatic N) is 1. The summed E-state index contributed by atoms with van der Waals surface area (Å²) in [5.74, 6) is 0. The number of fused-ring (bicyclic) bond motifs is 2. The van der Waals surface area contributed by atoms with Gasteiger partial charge in [-0.15, -0.1) is 0 Å². The zero-order chi connectivity index (χ0) is 12.4. The lowest BCUT2D eigenvalue weighted by atomic mass is 10.2. The first-order valence-electron chi connectivity index (χ1n) is 5.90. The summed E-state index contributed by atoms with van der Waals surface area (Å²) in [6.07, 6.45) is 3.58. The minimum absolute atomic E-state index is 0.797. The van der Waals surface area contributed by atoms with Crippen LogP contribution in [0, 0.1) is 0 Å². The molecule has 1 heterocycles. The summed E-state index contributed by atoms with van der Waals surface area (Å²) >= 11 is 1.82. The molecule has 0 bridgehead atoms. The van der Waals surface area contributed by atoms with Crippen LogP contribution in [0.5, 0.6) is 0 Å². The molecule has 0 radical (unpaired) electrons. The Bertz CT molecular complexity index is 547. The normalized spacial score (nSPS) is 13.4. The van der Waals surface area contributed by atoms with Crippen molar-refractivity contribution >= 4 is 23.1 Å². The zero-order valence-corrected chi connectivity index (χ0v) is 10.7. The van der Waals surface area contributed by atoms with Crippen LogP contribution >= 0.6 is 11.8 Å². The third-order valence-electron chi connectivity index (χ3n) is 2.96. The maximum Gasteiger partial charge on any atom is 0.0555 e. The SMILES string of the molecule is NC=CCN1c2ccccc2Sc2ccccc21. The van der Waals surface area contributed by atoms with Gasteiger partial charge in [0.05, 0.1) is 11.4 Å². The average Bonchev–Trinajstić information content (AvgIpc) is 2.43. The van der Waals surface area contributed by atoms with E-state index in [0.29, 0.717) is 0 Å². The molecule has 0 fully saturated rings. The summed E-state index contributed by atoms with van der Waals surface area (Å²) < 4.78 is 0. The molecule has 2 nitrogen and oxygen atoms in total. The number of hydrogen-bond donors (Lipinski definition) is 1. The van der Waals surface area contributed by atoms with Crippen LogP contribution in [-0.2, 0) is 0 Å². The van der Waals surface area contributed by atoms with Crippen LogP contribution in [0.1, 0.15) is 0 Å². The quantitative estimate of drug-likeness (QED) is 0.884. The van der Waals surface area contributed by atoms with Crippen LogP contribution in [0.2, 0.25) is 0 Å². The summed E-state index contributed by atoms with van der Waals surface area (Å²) in [6, 6.07) is 16.9. The molecule has 18 heavy (non-hydrogen) atoms. The second kappa shape index (κ2) is 4.78. The molecule has 3 rings (SSSR count). The molecule has 1 aliphatic rings. The first-order valence-corrected chi connectivity index (χ1v) is 6.72. The number of benzene rings is 2. The van der Waals surface area contributed by atoms with Crippen molar-refractivity contribution in [2.75, 3.05) is 11.4 Å². The van der Waals surface area contributed by atoms with Gasteiger partial charge < -0.3 is 10.6 Å². The maximum atomic E-state index is 5.47. The van der Waals surface area contributed by atoms with E-state index in [1.807, 2.05) is 17.8 Å². The van der Waals surface area contributed by atoms with E-state index >= 15 is 0 Å². The van der Waals surface area contributed by atoms with Gasteiger partial charge in [0, 0.05) is 16.3 Å². The number of anilines is 2. The Hall–Kier alpha value is -1.87. The lowest BCUT2D eigenvalue weighted by Crippen LogP contribution is -2.20. The van der Waals surface area contributed by atoms with E-state index in [1.54, 1.807) is 6.20 Å². The predicted octanol–water partition coefficient (Wildman–Crippen LogP) is 3.76. The Morgan fingerprint density at radius 2 is 1.50 bits per heavy atom. The third kappa shape index (κ3) is 1.87. The lowest BCUT2D eigenvalue weighted by Gasteiger charge is -2.31. The number of para-hydroxylation sites is 2. The van der Waals surface area contributed by atoms with Crippen molar-refractivity contribution in [1.29, 1.82) is 0 Å². The van der Waals surface area contributed by atoms with Gasteiger partial charge >= 0.3 is 0 Å². The van der Waals surface area contributed by atoms with Crippen LogP contribution < -0.4 is 10.6 Å². The van der Waals surface area contributed by atoms with E-state index in [9.17, 15) is 0 Å². The molecule has 0 saturated heterocycles. The van der Waals surface area contributed by atoms with Gasteiger partial charge in [0.2, 0.25) is 0 Å². The summed E-state index contributed by atoms with van der Waals surface area (Å²) in [5.41, 5.74) is 7.97. The van der Waals surface area contributed by atoms with Crippen molar-refractivity contribution in [2.24, 2.45) is 5.73 Å². The smallest absolute Gasteiger partial charge is 0.0555 e. The zero-order valence-electron chi connectivity index (χ0n) is 9.91. The molecule has 3 heteroatoms. The van der Waals surface area contributed by atoms with Gasteiger partial charge in [-0.2, -0.15) is 0 Å². The second-order valence-electron chi connectivity index (χ2n) is 4.08. The van der Waals surface area contributed by atoms with Crippen LogP contribution in [0.4, 0.5) is 11.4 Å². The summed E-state index contributed by atoms with van der Waals surface area (Å²) in [5, 5.41) is 0. The van der Waals surface area contributed by atoms with E-state index in [1.165, 1.54) is 21.2 Å². The highest BCUT2D eigenvalue weighted by atomic mass is 32.2. The molecule has 0 unspecified atom stereocenters. The highest BCUT2D eigenvalue weighted by Gasteiger charge is 2.21. The fraction of sp³-hybridized carbons (Fsp3) is 0.0667. The molecule has 0 spiro atoms. The van der Waals surface area contributed by atoms with Crippen LogP contribution in [0.25, 0.3) is 0 Å². The van der Waals surface area contributed by atoms with Gasteiger partial charge in [-0.1, -0.05) is 36.0 Å². The van der Waals surface area contributed by atoms with Crippen molar-refractivity contribution in [3.05, 3.63) is 60.8 Å². The topological polar surface area (TPSA) is 29.3 Å². The molecule has 2 N–H and O–H groups in total. The minimum Gasteiger partial charge on any atom is -0.405 e. The van der Waals surface area contributed by atoms with Gasteiger partial charge in [-0.05, 0) is 36.5 Å². The van der Waals surface area contributed by atoms with Crippen LogP contribution in [0.15, 0.2) is 70.6 Å². The molecule has 1 aliphatic heterocycles. The van der Waals surface area contributed by atoms with Gasteiger partial charge in [0.1, 0.15) is 0 Å². The molecule has 0 aliphatic carbocycles. The van der Waals surface area contributed by atoms with Crippen LogP contribution in [0.3, 0.4) is 0 Å². The Morgan fingerprint density at radius 1 is 0.944 bits per heavy atom. The Kier molecular flexibility index (Phi) is 2.99. The summed E-state index contributed by atoms with van der Waals surface area (Å²) in [7, 11) is 0. The third-order valence-corrected chi connectivity index (χ3v) is 4.09. The molecule has 2 aromatic carbocycles. The monoisotopic (exact) mass is 254 g/mol. The van der Waals surface area contributed by atoms with Crippen molar-refractivity contribution in [3.63, 3.8) is 0 Å². The predicted molar refractivity (Wildman–Crippen MR) is 77.3 cm³/mol. The molecular formula is C15H14N2S. The van der Waals surface area contributed by atoms with E-state index in [0.717, 1.165) is 6.54 Å². The number of hydrogen-bond acceptors (Lipinski definition) is 3. The minimum atomic E-state index is 0.797. The Balaban J connectivity index is 2.11. The average molecular weight is 254 g/mol. The summed E-state index contributed by atoms with van der Waals surface area (Å²) in [6.45, 7) is 0.797. The summed E-state index contributed by atoms with van der Waals surface area (Å²) in [4.78, 5) is 4.88. The van der Waals surface area contributed by atoms with Crippen molar-refractivity contribution < 1.29 is 0 Å². The Morgan fingerprint density at radius 3 is 2.06 bits per heavy atom. The van der Waals surface area contributed by atoms with E-state index in [2.05, 4.69) is 53.4 Å². The van der Waals surface area contributed by atoms with E-state index in [-0.39, 0.29) is 0 Å². The second-order valence-corrected chi connectivity index (χ2v) is 5.16. The molecule has 2 aromatic rings. The first-order chi connectivity index (χ1) is 8.90. The largest absolute Gasteiger partial charge is 0.405 e. The highest BCUT2D eigenvalue weighted by molar-refractivity contribution is 7.99. The molecule has 0 saturated carbocycles. The van der Waals surface area contributed by atoms with Crippen molar-refractivity contribution in [1.82, 2.24) is 0 Å². The standard InChI is InChI=1S/C15H14N2S/c16-10-5-11-17-12-6-1-3-8-14(12)18-15-9-4-2-7-13(15)17/h1-10H,11,16H2. The number of nitrogens with two attached hydrogens (primary N) is 1. The molecular weight excluding hydrogens is 240 g/mol. The molecule has 0 amide bonds. The number of rotatable bonds is 2. The molecule has 90 valence electrons. The molecule has 0 atom stereocenters.